The maximum Gasteiger partial charge on any atom is 0.0386 e. The summed E-state index contributed by atoms with van der Waals surface area (Å²) in [6, 6.07) is 9.72. The summed E-state index contributed by atoms with van der Waals surface area (Å²) < 4.78 is 0. The summed E-state index contributed by atoms with van der Waals surface area (Å²) in [6.07, 6.45) is 9.54. The highest BCUT2D eigenvalue weighted by Crippen LogP contribution is 2.30. The van der Waals surface area contributed by atoms with E-state index >= 15 is 0 Å². The van der Waals surface area contributed by atoms with E-state index in [9.17, 15) is 0 Å². The normalized spacial score (nSPS) is 26.8. The van der Waals surface area contributed by atoms with Crippen molar-refractivity contribution in [3.05, 3.63) is 24.3 Å². The molecule has 0 aromatic heterocycles. The molecule has 2 unspecified atom stereocenters. The summed E-state index contributed by atoms with van der Waals surface area (Å²) in [5.41, 5.74) is 2.71. The molecule has 0 bridgehead atoms. The molecule has 2 atom stereocenters. The number of benzene rings is 1. The summed E-state index contributed by atoms with van der Waals surface area (Å²) in [4.78, 5) is 2.51. The summed E-state index contributed by atoms with van der Waals surface area (Å²) in [6.45, 7) is 4.79. The van der Waals surface area contributed by atoms with Crippen LogP contribution in [0.4, 0.5) is 11.4 Å². The first-order chi connectivity index (χ1) is 9.85. The van der Waals surface area contributed by atoms with Crippen LogP contribution in [-0.2, 0) is 0 Å². The van der Waals surface area contributed by atoms with Crippen molar-refractivity contribution < 1.29 is 0 Å². The van der Waals surface area contributed by atoms with Crippen LogP contribution in [0.25, 0.3) is 0 Å². The molecule has 0 radical (unpaired) electrons. The number of hydrogen-bond acceptors (Lipinski definition) is 2. The van der Waals surface area contributed by atoms with Gasteiger partial charge < -0.3 is 10.2 Å². The van der Waals surface area contributed by atoms with Gasteiger partial charge in [0.2, 0.25) is 0 Å². The molecule has 0 amide bonds. The number of nitrogens with one attached hydrogen (secondary N) is 1. The van der Waals surface area contributed by atoms with Crippen LogP contribution in [0, 0.1) is 5.92 Å². The van der Waals surface area contributed by atoms with Gasteiger partial charge in [-0.15, -0.1) is 0 Å². The van der Waals surface area contributed by atoms with Crippen LogP contribution in [-0.4, -0.2) is 19.1 Å². The lowest BCUT2D eigenvalue weighted by molar-refractivity contribution is 0.327. The van der Waals surface area contributed by atoms with E-state index in [0.29, 0.717) is 6.04 Å². The van der Waals surface area contributed by atoms with Gasteiger partial charge in [0.25, 0.3) is 0 Å². The smallest absolute Gasteiger partial charge is 0.0386 e. The Morgan fingerprint density at radius 2 is 2.00 bits per heavy atom. The molecule has 2 nitrogen and oxygen atoms in total. The lowest BCUT2D eigenvalue weighted by Crippen LogP contribution is -2.27. The van der Waals surface area contributed by atoms with Gasteiger partial charge in [0.05, 0.1) is 0 Å². The average Bonchev–Trinajstić information content (AvgIpc) is 3.02. The highest BCUT2D eigenvalue weighted by Gasteiger charge is 2.20. The molecular formula is C18H28N2. The first-order valence-electron chi connectivity index (χ1n) is 8.46. The van der Waals surface area contributed by atoms with E-state index in [2.05, 4.69) is 41.4 Å². The Bertz CT molecular complexity index is 423. The molecule has 2 aliphatic rings. The molecule has 1 saturated heterocycles. The van der Waals surface area contributed by atoms with Gasteiger partial charge in [-0.25, -0.2) is 0 Å². The molecule has 1 saturated carbocycles. The zero-order valence-corrected chi connectivity index (χ0v) is 12.8. The molecule has 20 heavy (non-hydrogen) atoms. The maximum absolute atomic E-state index is 3.78. The topological polar surface area (TPSA) is 15.3 Å². The Balaban J connectivity index is 1.63. The van der Waals surface area contributed by atoms with Gasteiger partial charge in [0.15, 0.2) is 0 Å². The van der Waals surface area contributed by atoms with Crippen molar-refractivity contribution in [2.45, 2.75) is 57.9 Å². The third kappa shape index (κ3) is 3.28. The van der Waals surface area contributed by atoms with Crippen LogP contribution in [0.5, 0.6) is 0 Å². The zero-order chi connectivity index (χ0) is 13.8. The van der Waals surface area contributed by atoms with Crippen molar-refractivity contribution in [3.8, 4) is 0 Å². The van der Waals surface area contributed by atoms with Crippen LogP contribution in [0.3, 0.4) is 0 Å². The van der Waals surface area contributed by atoms with Crippen molar-refractivity contribution >= 4 is 11.4 Å². The summed E-state index contributed by atoms with van der Waals surface area (Å²) in [5.74, 6) is 0.933. The highest BCUT2D eigenvalue weighted by atomic mass is 15.1. The molecule has 1 N–H and O–H groups in total. The van der Waals surface area contributed by atoms with Gasteiger partial charge in [-0.3, -0.25) is 0 Å². The van der Waals surface area contributed by atoms with Crippen molar-refractivity contribution in [1.82, 2.24) is 0 Å². The molecule has 1 aromatic carbocycles. The fourth-order valence-electron chi connectivity index (χ4n) is 3.80. The molecule has 2 fully saturated rings. The van der Waals surface area contributed by atoms with Crippen LogP contribution in [0.15, 0.2) is 24.3 Å². The zero-order valence-electron chi connectivity index (χ0n) is 12.8. The second-order valence-corrected chi connectivity index (χ2v) is 6.53. The maximum atomic E-state index is 3.78. The second-order valence-electron chi connectivity index (χ2n) is 6.53. The minimum Gasteiger partial charge on any atom is -0.382 e. The standard InChI is InChI=1S/C18H28N2/c1-2-15-7-5-8-16(13-15)19-17-9-6-10-18(14-17)20-11-3-4-12-20/h6,9-10,14-16,19H,2-5,7-8,11-13H2,1H3. The van der Waals surface area contributed by atoms with E-state index in [1.807, 2.05) is 0 Å². The number of rotatable bonds is 4. The quantitative estimate of drug-likeness (QED) is 0.857. The van der Waals surface area contributed by atoms with Gasteiger partial charge in [0.1, 0.15) is 0 Å². The third-order valence-electron chi connectivity index (χ3n) is 5.05. The van der Waals surface area contributed by atoms with Crippen LogP contribution >= 0.6 is 0 Å². The Morgan fingerprint density at radius 3 is 2.80 bits per heavy atom. The van der Waals surface area contributed by atoms with E-state index in [4.69, 9.17) is 0 Å². The third-order valence-corrected chi connectivity index (χ3v) is 5.05. The minimum absolute atomic E-state index is 0.683. The highest BCUT2D eigenvalue weighted by molar-refractivity contribution is 5.58. The van der Waals surface area contributed by atoms with Crippen molar-refractivity contribution in [2.24, 2.45) is 5.92 Å². The molecule has 1 aliphatic heterocycles. The van der Waals surface area contributed by atoms with Gasteiger partial charge in [-0.1, -0.05) is 32.3 Å². The largest absolute Gasteiger partial charge is 0.382 e. The molecule has 3 rings (SSSR count). The van der Waals surface area contributed by atoms with E-state index in [0.717, 1.165) is 5.92 Å². The van der Waals surface area contributed by atoms with Crippen molar-refractivity contribution in [3.63, 3.8) is 0 Å². The molecular weight excluding hydrogens is 244 g/mol. The molecule has 1 aromatic rings. The second kappa shape index (κ2) is 6.51. The number of nitrogens with zero attached hydrogens (tertiary/aromatic N) is 1. The number of anilines is 2. The Labute approximate surface area is 123 Å². The summed E-state index contributed by atoms with van der Waals surface area (Å²) in [7, 11) is 0. The molecule has 0 spiro atoms. The Morgan fingerprint density at radius 1 is 1.15 bits per heavy atom. The van der Waals surface area contributed by atoms with Gasteiger partial charge >= 0.3 is 0 Å². The van der Waals surface area contributed by atoms with Crippen LogP contribution in [0.2, 0.25) is 0 Å². The van der Waals surface area contributed by atoms with Crippen LogP contribution in [0.1, 0.15) is 51.9 Å². The summed E-state index contributed by atoms with van der Waals surface area (Å²) in [5, 5.41) is 3.78. The lowest BCUT2D eigenvalue weighted by Gasteiger charge is -2.30. The SMILES string of the molecule is CCC1CCCC(Nc2cccc(N3CCCC3)c2)C1. The molecule has 1 aliphatic carbocycles. The predicted octanol–water partition coefficient (Wildman–Crippen LogP) is 4.67. The van der Waals surface area contributed by atoms with Crippen molar-refractivity contribution in [2.75, 3.05) is 23.3 Å². The minimum atomic E-state index is 0.683. The molecule has 110 valence electrons. The molecule has 2 heteroatoms. The Hall–Kier alpha value is -1.18. The van der Waals surface area contributed by atoms with Crippen molar-refractivity contribution in [1.29, 1.82) is 0 Å². The monoisotopic (exact) mass is 272 g/mol. The van der Waals surface area contributed by atoms with Gasteiger partial charge in [-0.05, 0) is 49.8 Å². The predicted molar refractivity (Wildman–Crippen MR) is 87.5 cm³/mol. The Kier molecular flexibility index (Phi) is 4.49. The number of hydrogen-bond donors (Lipinski definition) is 1. The van der Waals surface area contributed by atoms with E-state index in [1.165, 1.54) is 69.4 Å². The van der Waals surface area contributed by atoms with E-state index < -0.39 is 0 Å². The van der Waals surface area contributed by atoms with E-state index in [1.54, 1.807) is 0 Å². The van der Waals surface area contributed by atoms with E-state index in [-0.39, 0.29) is 0 Å². The average molecular weight is 272 g/mol. The first-order valence-corrected chi connectivity index (χ1v) is 8.46. The lowest BCUT2D eigenvalue weighted by atomic mass is 9.84. The fourth-order valence-corrected chi connectivity index (χ4v) is 3.80. The summed E-state index contributed by atoms with van der Waals surface area (Å²) >= 11 is 0. The fraction of sp³-hybridized carbons (Fsp3) is 0.667. The first kappa shape index (κ1) is 13.8. The molecule has 1 heterocycles. The van der Waals surface area contributed by atoms with Gasteiger partial charge in [0, 0.05) is 30.5 Å². The van der Waals surface area contributed by atoms with Gasteiger partial charge in [-0.2, -0.15) is 0 Å². The van der Waals surface area contributed by atoms with Crippen LogP contribution < -0.4 is 10.2 Å².